The van der Waals surface area contributed by atoms with Gasteiger partial charge in [0.1, 0.15) is 6.04 Å². The van der Waals surface area contributed by atoms with Crippen LogP contribution in [0.2, 0.25) is 0 Å². The number of hydrogen-bond donors (Lipinski definition) is 0. The summed E-state index contributed by atoms with van der Waals surface area (Å²) in [6.07, 6.45) is -3.87. The molecular formula is C12H12F3NO3S. The number of sulfone groups is 1. The summed E-state index contributed by atoms with van der Waals surface area (Å²) in [5.41, 5.74) is 0.0927. The fraction of sp³-hybridized carbons (Fsp3) is 0.417. The highest BCUT2D eigenvalue weighted by molar-refractivity contribution is 7.90. The summed E-state index contributed by atoms with van der Waals surface area (Å²) < 4.78 is 62.3. The monoisotopic (exact) mass is 307 g/mol. The van der Waals surface area contributed by atoms with Crippen LogP contribution < -0.4 is 0 Å². The fourth-order valence-corrected chi connectivity index (χ4v) is 3.63. The summed E-state index contributed by atoms with van der Waals surface area (Å²) in [6, 6.07) is 3.49. The Balaban J connectivity index is 2.62. The maximum absolute atomic E-state index is 12.9. The molecule has 8 heteroatoms. The SMILES string of the molecule is C[C@H](N1C(=O)c2ccccc2C1S(C)(=O)=O)C(F)(F)F. The molecule has 2 atom stereocenters. The lowest BCUT2D eigenvalue weighted by Gasteiger charge is -2.31. The number of halogens is 3. The minimum absolute atomic E-state index is 0.000903. The normalized spacial score (nSPS) is 20.9. The second-order valence-electron chi connectivity index (χ2n) is 4.70. The molecule has 110 valence electrons. The zero-order valence-corrected chi connectivity index (χ0v) is 11.5. The van der Waals surface area contributed by atoms with E-state index < -0.39 is 33.3 Å². The minimum atomic E-state index is -4.69. The van der Waals surface area contributed by atoms with Crippen LogP contribution in [0.5, 0.6) is 0 Å². The smallest absolute Gasteiger partial charge is 0.306 e. The predicted octanol–water partition coefficient (Wildman–Crippen LogP) is 2.14. The quantitative estimate of drug-likeness (QED) is 0.841. The molecule has 0 aromatic heterocycles. The number of rotatable bonds is 2. The molecule has 0 radical (unpaired) electrons. The van der Waals surface area contributed by atoms with Crippen molar-refractivity contribution >= 4 is 15.7 Å². The molecule has 0 saturated heterocycles. The molecule has 20 heavy (non-hydrogen) atoms. The van der Waals surface area contributed by atoms with Crippen LogP contribution in [0.4, 0.5) is 13.2 Å². The molecule has 1 heterocycles. The Morgan fingerprint density at radius 3 is 2.30 bits per heavy atom. The number of carbonyl (C=O) groups is 1. The average molecular weight is 307 g/mol. The van der Waals surface area contributed by atoms with E-state index in [0.717, 1.165) is 13.2 Å². The van der Waals surface area contributed by atoms with Crippen LogP contribution in [0.3, 0.4) is 0 Å². The van der Waals surface area contributed by atoms with Gasteiger partial charge in [-0.2, -0.15) is 13.2 Å². The van der Waals surface area contributed by atoms with E-state index in [1.807, 2.05) is 0 Å². The van der Waals surface area contributed by atoms with E-state index in [0.29, 0.717) is 4.90 Å². The van der Waals surface area contributed by atoms with Crippen LogP contribution in [0.1, 0.15) is 28.2 Å². The van der Waals surface area contributed by atoms with Crippen molar-refractivity contribution in [2.45, 2.75) is 24.5 Å². The van der Waals surface area contributed by atoms with Gasteiger partial charge in [0, 0.05) is 17.4 Å². The Labute approximate surface area is 114 Å². The molecule has 0 spiro atoms. The van der Waals surface area contributed by atoms with Crippen molar-refractivity contribution < 1.29 is 26.4 Å². The number of benzene rings is 1. The second kappa shape index (κ2) is 4.47. The number of fused-ring (bicyclic) bond motifs is 1. The topological polar surface area (TPSA) is 54.5 Å². The van der Waals surface area contributed by atoms with Crippen molar-refractivity contribution in [2.24, 2.45) is 0 Å². The summed E-state index contributed by atoms with van der Waals surface area (Å²) in [6.45, 7) is 0.780. The molecule has 1 amide bonds. The summed E-state index contributed by atoms with van der Waals surface area (Å²) in [5.74, 6) is -0.916. The highest BCUT2D eigenvalue weighted by Gasteiger charge is 2.52. The van der Waals surface area contributed by atoms with Gasteiger partial charge >= 0.3 is 6.18 Å². The van der Waals surface area contributed by atoms with E-state index in [9.17, 15) is 26.4 Å². The van der Waals surface area contributed by atoms with E-state index in [4.69, 9.17) is 0 Å². The number of hydrogen-bond acceptors (Lipinski definition) is 3. The van der Waals surface area contributed by atoms with Gasteiger partial charge in [0.25, 0.3) is 5.91 Å². The Morgan fingerprint density at radius 2 is 1.80 bits per heavy atom. The van der Waals surface area contributed by atoms with Gasteiger partial charge in [-0.1, -0.05) is 18.2 Å². The van der Waals surface area contributed by atoms with Crippen molar-refractivity contribution in [3.63, 3.8) is 0 Å². The highest BCUT2D eigenvalue weighted by atomic mass is 32.2. The lowest BCUT2D eigenvalue weighted by molar-refractivity contribution is -0.172. The standard InChI is InChI=1S/C12H12F3NO3S/c1-7(12(13,14)15)16-10(17)8-5-3-4-6-9(8)11(16)20(2,18)19/h3-7,11H,1-2H3/t7-,11?/m0/s1. The molecule has 0 saturated carbocycles. The molecule has 2 rings (SSSR count). The summed E-state index contributed by atoms with van der Waals surface area (Å²) in [7, 11) is -3.90. The largest absolute Gasteiger partial charge is 0.408 e. The zero-order chi connectivity index (χ0) is 15.3. The van der Waals surface area contributed by atoms with E-state index >= 15 is 0 Å². The Morgan fingerprint density at radius 1 is 1.25 bits per heavy atom. The Hall–Kier alpha value is -1.57. The molecule has 1 aliphatic rings. The molecule has 1 aromatic rings. The van der Waals surface area contributed by atoms with Crippen molar-refractivity contribution in [3.8, 4) is 0 Å². The number of nitrogens with zero attached hydrogens (tertiary/aromatic N) is 1. The van der Waals surface area contributed by atoms with E-state index in [1.54, 1.807) is 0 Å². The van der Waals surface area contributed by atoms with Crippen LogP contribution >= 0.6 is 0 Å². The first-order valence-electron chi connectivity index (χ1n) is 5.72. The van der Waals surface area contributed by atoms with Gasteiger partial charge in [-0.25, -0.2) is 8.42 Å². The Kier molecular flexibility index (Phi) is 3.32. The average Bonchev–Trinajstić information content (AvgIpc) is 2.61. The van der Waals surface area contributed by atoms with Crippen molar-refractivity contribution in [3.05, 3.63) is 35.4 Å². The first-order valence-corrected chi connectivity index (χ1v) is 7.67. The van der Waals surface area contributed by atoms with Gasteiger partial charge in [-0.15, -0.1) is 0 Å². The van der Waals surface area contributed by atoms with E-state index in [2.05, 4.69) is 0 Å². The summed E-state index contributed by atoms with van der Waals surface area (Å²) in [5, 5.41) is -1.59. The molecule has 0 fully saturated rings. The van der Waals surface area contributed by atoms with Gasteiger partial charge in [-0.3, -0.25) is 4.79 Å². The number of alkyl halides is 3. The van der Waals surface area contributed by atoms with Crippen LogP contribution in [-0.4, -0.2) is 37.7 Å². The van der Waals surface area contributed by atoms with E-state index in [1.165, 1.54) is 24.3 Å². The maximum Gasteiger partial charge on any atom is 0.408 e. The van der Waals surface area contributed by atoms with Crippen LogP contribution in [-0.2, 0) is 9.84 Å². The van der Waals surface area contributed by atoms with Crippen molar-refractivity contribution in [1.82, 2.24) is 4.90 Å². The van der Waals surface area contributed by atoms with Gasteiger partial charge < -0.3 is 4.90 Å². The second-order valence-corrected chi connectivity index (χ2v) is 6.80. The van der Waals surface area contributed by atoms with Gasteiger partial charge in [0.15, 0.2) is 15.2 Å². The molecule has 0 bridgehead atoms. The molecule has 4 nitrogen and oxygen atoms in total. The predicted molar refractivity (Wildman–Crippen MR) is 65.7 cm³/mol. The maximum atomic E-state index is 12.9. The molecule has 0 N–H and O–H groups in total. The van der Waals surface area contributed by atoms with Crippen LogP contribution in [0, 0.1) is 0 Å². The summed E-state index contributed by atoms with van der Waals surface area (Å²) >= 11 is 0. The van der Waals surface area contributed by atoms with Crippen molar-refractivity contribution in [2.75, 3.05) is 6.26 Å². The molecule has 1 aliphatic heterocycles. The minimum Gasteiger partial charge on any atom is -0.306 e. The zero-order valence-electron chi connectivity index (χ0n) is 10.7. The molecular weight excluding hydrogens is 295 g/mol. The third-order valence-corrected chi connectivity index (χ3v) is 4.53. The van der Waals surface area contributed by atoms with Gasteiger partial charge in [-0.05, 0) is 13.0 Å². The lowest BCUT2D eigenvalue weighted by atomic mass is 10.1. The fourth-order valence-electron chi connectivity index (χ4n) is 2.28. The highest BCUT2D eigenvalue weighted by Crippen LogP contribution is 2.41. The molecule has 1 aromatic carbocycles. The third-order valence-electron chi connectivity index (χ3n) is 3.24. The van der Waals surface area contributed by atoms with E-state index in [-0.39, 0.29) is 11.1 Å². The first kappa shape index (κ1) is 14.8. The van der Waals surface area contributed by atoms with Crippen LogP contribution in [0.15, 0.2) is 24.3 Å². The Bertz CT molecular complexity index is 654. The first-order chi connectivity index (χ1) is 9.05. The lowest BCUT2D eigenvalue weighted by Crippen LogP contribution is -2.47. The number of carbonyl (C=O) groups excluding carboxylic acids is 1. The summed E-state index contributed by atoms with van der Waals surface area (Å²) in [4.78, 5) is 12.5. The third kappa shape index (κ3) is 2.28. The number of amides is 1. The van der Waals surface area contributed by atoms with Gasteiger partial charge in [0.2, 0.25) is 0 Å². The molecule has 1 unspecified atom stereocenters. The van der Waals surface area contributed by atoms with Crippen molar-refractivity contribution in [1.29, 1.82) is 0 Å². The van der Waals surface area contributed by atoms with Gasteiger partial charge in [0.05, 0.1) is 0 Å². The molecule has 0 aliphatic carbocycles. The van der Waals surface area contributed by atoms with Crippen LogP contribution in [0.25, 0.3) is 0 Å².